The van der Waals surface area contributed by atoms with Crippen LogP contribution < -0.4 is 0 Å². The smallest absolute Gasteiger partial charge is 0.140 e. The van der Waals surface area contributed by atoms with Crippen LogP contribution in [0.4, 0.5) is 0 Å². The molecule has 0 saturated carbocycles. The van der Waals surface area contributed by atoms with Crippen LogP contribution in [0.3, 0.4) is 0 Å². The molecule has 4 heteroatoms. The molecule has 0 N–H and O–H groups in total. The fourth-order valence-corrected chi connectivity index (χ4v) is 5.48. The van der Waals surface area contributed by atoms with Gasteiger partial charge in [-0.25, -0.2) is 0 Å². The van der Waals surface area contributed by atoms with Gasteiger partial charge in [-0.3, -0.25) is 0 Å². The lowest BCUT2D eigenvalue weighted by Crippen LogP contribution is -2.50. The summed E-state index contributed by atoms with van der Waals surface area (Å²) in [6.45, 7) is 10.7. The van der Waals surface area contributed by atoms with E-state index in [0.717, 1.165) is 38.5 Å². The summed E-state index contributed by atoms with van der Waals surface area (Å²) in [5.74, 6) is 0. The molecule has 0 rings (SSSR count). The molecule has 0 atom stereocenters. The minimum absolute atomic E-state index is 0.788. The van der Waals surface area contributed by atoms with E-state index < -0.39 is 8.07 Å². The standard InChI is InChI=1S/C12H28O3Si/c1-5-9-16(10-13-6-2,11-14-7-3)12-15-8-4/h5-12H2,1-4H3. The Morgan fingerprint density at radius 2 is 1.06 bits per heavy atom. The van der Waals surface area contributed by atoms with E-state index in [1.807, 2.05) is 20.8 Å². The van der Waals surface area contributed by atoms with Crippen molar-refractivity contribution in [2.45, 2.75) is 40.2 Å². The molecule has 3 nitrogen and oxygen atoms in total. The number of ether oxygens (including phenoxy) is 3. The molecule has 0 bridgehead atoms. The molecule has 0 fully saturated rings. The van der Waals surface area contributed by atoms with Crippen molar-refractivity contribution in [1.82, 2.24) is 0 Å². The molecule has 0 heterocycles. The first-order valence-electron chi connectivity index (χ1n) is 6.47. The van der Waals surface area contributed by atoms with Gasteiger partial charge in [0, 0.05) is 38.5 Å². The van der Waals surface area contributed by atoms with Crippen molar-refractivity contribution in [2.75, 3.05) is 38.5 Å². The summed E-state index contributed by atoms with van der Waals surface area (Å²) in [5, 5.41) is 0. The van der Waals surface area contributed by atoms with Gasteiger partial charge in [0.25, 0.3) is 0 Å². The van der Waals surface area contributed by atoms with Crippen LogP contribution in [0.5, 0.6) is 0 Å². The van der Waals surface area contributed by atoms with Crippen LogP contribution in [0.1, 0.15) is 34.1 Å². The lowest BCUT2D eigenvalue weighted by atomic mass is 10.6. The third kappa shape index (κ3) is 6.63. The Kier molecular flexibility index (Phi) is 10.3. The van der Waals surface area contributed by atoms with Crippen LogP contribution in [0.25, 0.3) is 0 Å². The summed E-state index contributed by atoms with van der Waals surface area (Å²) in [7, 11) is -1.53. The van der Waals surface area contributed by atoms with Gasteiger partial charge in [0.2, 0.25) is 0 Å². The summed E-state index contributed by atoms with van der Waals surface area (Å²) in [6.07, 6.45) is 3.81. The minimum atomic E-state index is -1.53. The predicted molar refractivity (Wildman–Crippen MR) is 70.3 cm³/mol. The SMILES string of the molecule is CCC[Si](COCC)(COCC)COCC. The highest BCUT2D eigenvalue weighted by Crippen LogP contribution is 2.15. The van der Waals surface area contributed by atoms with Crippen molar-refractivity contribution in [2.24, 2.45) is 0 Å². The van der Waals surface area contributed by atoms with Crippen molar-refractivity contribution in [3.05, 3.63) is 0 Å². The zero-order valence-corrected chi connectivity index (χ0v) is 12.4. The first-order chi connectivity index (χ1) is 7.74. The van der Waals surface area contributed by atoms with Gasteiger partial charge >= 0.3 is 0 Å². The number of hydrogen-bond acceptors (Lipinski definition) is 3. The Labute approximate surface area is 101 Å². The van der Waals surface area contributed by atoms with E-state index in [0.29, 0.717) is 0 Å². The fraction of sp³-hybridized carbons (Fsp3) is 1.00. The van der Waals surface area contributed by atoms with E-state index >= 15 is 0 Å². The zero-order valence-electron chi connectivity index (χ0n) is 11.4. The molecule has 0 aromatic carbocycles. The summed E-state index contributed by atoms with van der Waals surface area (Å²) in [5.41, 5.74) is 0. The van der Waals surface area contributed by atoms with Gasteiger partial charge in [-0.2, -0.15) is 0 Å². The molecule has 16 heavy (non-hydrogen) atoms. The third-order valence-electron chi connectivity index (χ3n) is 2.62. The van der Waals surface area contributed by atoms with E-state index in [1.54, 1.807) is 0 Å². The van der Waals surface area contributed by atoms with Crippen LogP contribution in [0.2, 0.25) is 6.04 Å². The van der Waals surface area contributed by atoms with Crippen LogP contribution in [-0.2, 0) is 14.2 Å². The van der Waals surface area contributed by atoms with Gasteiger partial charge in [0.1, 0.15) is 8.07 Å². The van der Waals surface area contributed by atoms with E-state index in [-0.39, 0.29) is 0 Å². The maximum absolute atomic E-state index is 5.65. The molecular formula is C12H28O3Si. The van der Waals surface area contributed by atoms with Gasteiger partial charge in [0.05, 0.1) is 0 Å². The lowest BCUT2D eigenvalue weighted by molar-refractivity contribution is 0.138. The Morgan fingerprint density at radius 1 is 0.688 bits per heavy atom. The maximum Gasteiger partial charge on any atom is 0.140 e. The van der Waals surface area contributed by atoms with Crippen LogP contribution in [0, 0.1) is 0 Å². The molecule has 0 unspecified atom stereocenters. The van der Waals surface area contributed by atoms with Crippen molar-refractivity contribution < 1.29 is 14.2 Å². The van der Waals surface area contributed by atoms with Crippen molar-refractivity contribution in [3.8, 4) is 0 Å². The second-order valence-electron chi connectivity index (χ2n) is 4.16. The average molecular weight is 248 g/mol. The van der Waals surface area contributed by atoms with Crippen LogP contribution in [0.15, 0.2) is 0 Å². The summed E-state index contributed by atoms with van der Waals surface area (Å²) < 4.78 is 16.9. The maximum atomic E-state index is 5.65. The molecular weight excluding hydrogens is 220 g/mol. The first kappa shape index (κ1) is 16.1. The Balaban J connectivity index is 4.32. The molecule has 0 aromatic heterocycles. The van der Waals surface area contributed by atoms with Crippen LogP contribution >= 0.6 is 0 Å². The third-order valence-corrected chi connectivity index (χ3v) is 6.63. The molecule has 0 radical (unpaired) electrons. The molecule has 0 aliphatic carbocycles. The van der Waals surface area contributed by atoms with E-state index in [9.17, 15) is 0 Å². The summed E-state index contributed by atoms with van der Waals surface area (Å²) in [4.78, 5) is 0. The first-order valence-corrected chi connectivity index (χ1v) is 9.30. The Bertz CT molecular complexity index is 131. The number of rotatable bonds is 11. The monoisotopic (exact) mass is 248 g/mol. The van der Waals surface area contributed by atoms with Crippen molar-refractivity contribution in [3.63, 3.8) is 0 Å². The molecule has 0 saturated heterocycles. The second-order valence-corrected chi connectivity index (χ2v) is 8.53. The van der Waals surface area contributed by atoms with Crippen molar-refractivity contribution >= 4 is 8.07 Å². The average Bonchev–Trinajstić information content (AvgIpc) is 2.31. The second kappa shape index (κ2) is 10.3. The highest BCUT2D eigenvalue weighted by molar-refractivity contribution is 6.79. The van der Waals surface area contributed by atoms with Gasteiger partial charge in [-0.1, -0.05) is 19.4 Å². The van der Waals surface area contributed by atoms with Crippen molar-refractivity contribution in [1.29, 1.82) is 0 Å². The highest BCUT2D eigenvalue weighted by Gasteiger charge is 2.33. The molecule has 0 aromatic rings. The lowest BCUT2D eigenvalue weighted by Gasteiger charge is -2.30. The van der Waals surface area contributed by atoms with Gasteiger partial charge in [-0.15, -0.1) is 0 Å². The normalized spacial score (nSPS) is 12.0. The Hall–Kier alpha value is 0.0969. The molecule has 0 spiro atoms. The zero-order chi connectivity index (χ0) is 12.3. The topological polar surface area (TPSA) is 27.7 Å². The van der Waals surface area contributed by atoms with Crippen LogP contribution in [-0.4, -0.2) is 46.6 Å². The fourth-order valence-electron chi connectivity index (χ4n) is 1.83. The molecule has 0 aliphatic heterocycles. The number of hydrogen-bond donors (Lipinski definition) is 0. The molecule has 98 valence electrons. The summed E-state index contributed by atoms with van der Waals surface area (Å²) >= 11 is 0. The van der Waals surface area contributed by atoms with E-state index in [4.69, 9.17) is 14.2 Å². The Morgan fingerprint density at radius 3 is 1.31 bits per heavy atom. The minimum Gasteiger partial charge on any atom is -0.385 e. The summed E-state index contributed by atoms with van der Waals surface area (Å²) in [6, 6.07) is 1.23. The van der Waals surface area contributed by atoms with Gasteiger partial charge in [0.15, 0.2) is 0 Å². The molecule has 0 aliphatic rings. The van der Waals surface area contributed by atoms with Gasteiger partial charge in [-0.05, 0) is 20.8 Å². The van der Waals surface area contributed by atoms with Gasteiger partial charge < -0.3 is 14.2 Å². The quantitative estimate of drug-likeness (QED) is 0.526. The highest BCUT2D eigenvalue weighted by atomic mass is 28.3. The predicted octanol–water partition coefficient (Wildman–Crippen LogP) is 2.57. The van der Waals surface area contributed by atoms with E-state index in [1.165, 1.54) is 12.5 Å². The molecule has 0 amide bonds. The largest absolute Gasteiger partial charge is 0.385 e. The van der Waals surface area contributed by atoms with E-state index in [2.05, 4.69) is 6.92 Å².